The predicted molar refractivity (Wildman–Crippen MR) is 115 cm³/mol. The number of sulfonamides is 1. The second kappa shape index (κ2) is 10.3. The van der Waals surface area contributed by atoms with Gasteiger partial charge in [0.25, 0.3) is 10.0 Å². The molecule has 0 spiro atoms. The van der Waals surface area contributed by atoms with Crippen LogP contribution in [0.1, 0.15) is 5.76 Å². The number of carbonyl (C=O) groups is 1. The molecule has 0 aliphatic rings. The van der Waals surface area contributed by atoms with E-state index in [0.29, 0.717) is 18.1 Å². The Labute approximate surface area is 179 Å². The molecule has 9 heteroatoms. The number of halogens is 1. The van der Waals surface area contributed by atoms with E-state index in [1.165, 1.54) is 24.3 Å². The van der Waals surface area contributed by atoms with Crippen molar-refractivity contribution >= 4 is 33.4 Å². The average Bonchev–Trinajstić information content (AvgIpc) is 3.27. The van der Waals surface area contributed by atoms with Gasteiger partial charge in [0.2, 0.25) is 5.91 Å². The second-order valence-corrected chi connectivity index (χ2v) is 9.25. The number of amides is 1. The SMILES string of the molecule is O=C(CN(c1ccc(F)cc1)S(=O)(=O)c1ccccc1)NCCSCc1ccco1. The van der Waals surface area contributed by atoms with E-state index in [1.54, 1.807) is 36.2 Å². The Balaban J connectivity index is 1.65. The first kappa shape index (κ1) is 21.9. The maximum Gasteiger partial charge on any atom is 0.264 e. The van der Waals surface area contributed by atoms with Gasteiger partial charge in [0.1, 0.15) is 18.1 Å². The summed E-state index contributed by atoms with van der Waals surface area (Å²) in [4.78, 5) is 12.5. The van der Waals surface area contributed by atoms with Gasteiger partial charge in [0.05, 0.1) is 22.6 Å². The molecule has 6 nitrogen and oxygen atoms in total. The Kier molecular flexibility index (Phi) is 7.53. The number of benzene rings is 2. The van der Waals surface area contributed by atoms with Crippen molar-refractivity contribution in [2.45, 2.75) is 10.6 Å². The molecule has 158 valence electrons. The van der Waals surface area contributed by atoms with Gasteiger partial charge in [0, 0.05) is 12.3 Å². The van der Waals surface area contributed by atoms with Crippen molar-refractivity contribution in [3.05, 3.63) is 84.6 Å². The molecule has 0 radical (unpaired) electrons. The zero-order chi connectivity index (χ0) is 21.4. The molecule has 0 aliphatic heterocycles. The number of rotatable bonds is 10. The number of thioether (sulfide) groups is 1. The van der Waals surface area contributed by atoms with E-state index >= 15 is 0 Å². The molecule has 0 aliphatic carbocycles. The zero-order valence-corrected chi connectivity index (χ0v) is 17.7. The Morgan fingerprint density at radius 3 is 2.43 bits per heavy atom. The van der Waals surface area contributed by atoms with E-state index in [4.69, 9.17) is 4.42 Å². The highest BCUT2D eigenvalue weighted by atomic mass is 32.2. The van der Waals surface area contributed by atoms with Crippen molar-refractivity contribution < 1.29 is 22.0 Å². The molecule has 0 saturated carbocycles. The van der Waals surface area contributed by atoms with Crippen molar-refractivity contribution in [3.63, 3.8) is 0 Å². The van der Waals surface area contributed by atoms with Crippen LogP contribution in [0.4, 0.5) is 10.1 Å². The summed E-state index contributed by atoms with van der Waals surface area (Å²) in [6.07, 6.45) is 1.61. The van der Waals surface area contributed by atoms with E-state index in [-0.39, 0.29) is 10.6 Å². The van der Waals surface area contributed by atoms with Gasteiger partial charge in [-0.15, -0.1) is 0 Å². The predicted octanol–water partition coefficient (Wildman–Crippen LogP) is 3.66. The van der Waals surface area contributed by atoms with Gasteiger partial charge >= 0.3 is 0 Å². The first-order valence-corrected chi connectivity index (χ1v) is 11.8. The Bertz CT molecular complexity index is 1040. The first-order valence-electron chi connectivity index (χ1n) is 9.17. The number of nitrogens with zero attached hydrogens (tertiary/aromatic N) is 1. The summed E-state index contributed by atoms with van der Waals surface area (Å²) in [5.74, 6) is 1.25. The van der Waals surface area contributed by atoms with Gasteiger partial charge in [-0.25, -0.2) is 12.8 Å². The molecule has 0 saturated heterocycles. The van der Waals surface area contributed by atoms with E-state index in [2.05, 4.69) is 5.32 Å². The van der Waals surface area contributed by atoms with Gasteiger partial charge in [0.15, 0.2) is 0 Å². The largest absolute Gasteiger partial charge is 0.468 e. The van der Waals surface area contributed by atoms with Crippen LogP contribution in [0, 0.1) is 5.82 Å². The number of hydrogen-bond donors (Lipinski definition) is 1. The van der Waals surface area contributed by atoms with Gasteiger partial charge in [-0.3, -0.25) is 9.10 Å². The van der Waals surface area contributed by atoms with Crippen LogP contribution >= 0.6 is 11.8 Å². The highest BCUT2D eigenvalue weighted by Crippen LogP contribution is 2.23. The van der Waals surface area contributed by atoms with Gasteiger partial charge in [-0.2, -0.15) is 11.8 Å². The molecule has 1 aromatic heterocycles. The van der Waals surface area contributed by atoms with Crippen LogP contribution in [0.25, 0.3) is 0 Å². The fourth-order valence-corrected chi connectivity index (χ4v) is 4.86. The molecule has 2 aromatic carbocycles. The second-order valence-electron chi connectivity index (χ2n) is 6.28. The monoisotopic (exact) mass is 448 g/mol. The molecule has 0 atom stereocenters. The topological polar surface area (TPSA) is 79.6 Å². The number of hydrogen-bond acceptors (Lipinski definition) is 5. The number of nitrogens with one attached hydrogen (secondary N) is 1. The lowest BCUT2D eigenvalue weighted by Crippen LogP contribution is -2.41. The van der Waals surface area contributed by atoms with Gasteiger partial charge in [-0.1, -0.05) is 18.2 Å². The minimum absolute atomic E-state index is 0.0520. The summed E-state index contributed by atoms with van der Waals surface area (Å²) >= 11 is 1.59. The third-order valence-corrected chi connectivity index (χ3v) is 6.90. The summed E-state index contributed by atoms with van der Waals surface area (Å²) in [5.41, 5.74) is 0.211. The maximum absolute atomic E-state index is 13.3. The number of anilines is 1. The lowest BCUT2D eigenvalue weighted by atomic mass is 10.3. The van der Waals surface area contributed by atoms with Crippen LogP contribution in [0.2, 0.25) is 0 Å². The molecular formula is C21H21FN2O4S2. The maximum atomic E-state index is 13.3. The van der Waals surface area contributed by atoms with Gasteiger partial charge < -0.3 is 9.73 Å². The summed E-state index contributed by atoms with van der Waals surface area (Å²) in [6, 6.07) is 16.5. The summed E-state index contributed by atoms with van der Waals surface area (Å²) in [5, 5.41) is 2.73. The number of carbonyl (C=O) groups excluding carboxylic acids is 1. The minimum Gasteiger partial charge on any atom is -0.468 e. The molecule has 30 heavy (non-hydrogen) atoms. The lowest BCUT2D eigenvalue weighted by Gasteiger charge is -2.24. The van der Waals surface area contributed by atoms with Crippen molar-refractivity contribution in [1.82, 2.24) is 5.32 Å². The van der Waals surface area contributed by atoms with Crippen molar-refractivity contribution in [2.24, 2.45) is 0 Å². The smallest absolute Gasteiger partial charge is 0.264 e. The molecule has 3 rings (SSSR count). The van der Waals surface area contributed by atoms with E-state index in [1.807, 2.05) is 12.1 Å². The Morgan fingerprint density at radius 2 is 1.77 bits per heavy atom. The zero-order valence-electron chi connectivity index (χ0n) is 16.0. The summed E-state index contributed by atoms with van der Waals surface area (Å²) < 4.78 is 45.7. The first-order chi connectivity index (χ1) is 14.5. The van der Waals surface area contributed by atoms with Crippen LogP contribution < -0.4 is 9.62 Å². The molecule has 0 unspecified atom stereocenters. The fourth-order valence-electron chi connectivity index (χ4n) is 2.66. The van der Waals surface area contributed by atoms with Crippen LogP contribution in [-0.2, 0) is 20.6 Å². The third-order valence-electron chi connectivity index (χ3n) is 4.13. The lowest BCUT2D eigenvalue weighted by molar-refractivity contribution is -0.119. The molecule has 0 fully saturated rings. The normalized spacial score (nSPS) is 11.2. The quantitative estimate of drug-likeness (QED) is 0.479. The summed E-state index contributed by atoms with van der Waals surface area (Å²) in [7, 11) is -3.99. The highest BCUT2D eigenvalue weighted by molar-refractivity contribution is 7.98. The Hall–Kier alpha value is -2.78. The summed E-state index contributed by atoms with van der Waals surface area (Å²) in [6.45, 7) is -0.0292. The van der Waals surface area contributed by atoms with Crippen molar-refractivity contribution in [2.75, 3.05) is 23.1 Å². The van der Waals surface area contributed by atoms with E-state index in [0.717, 1.165) is 22.2 Å². The van der Waals surface area contributed by atoms with Gasteiger partial charge in [-0.05, 0) is 48.5 Å². The van der Waals surface area contributed by atoms with Crippen LogP contribution in [0.5, 0.6) is 0 Å². The molecule has 3 aromatic rings. The Morgan fingerprint density at radius 1 is 1.03 bits per heavy atom. The van der Waals surface area contributed by atoms with E-state index in [9.17, 15) is 17.6 Å². The van der Waals surface area contributed by atoms with Crippen LogP contribution in [0.15, 0.2) is 82.3 Å². The molecule has 1 heterocycles. The third kappa shape index (κ3) is 5.87. The number of furan rings is 1. The standard InChI is InChI=1S/C21H21FN2O4S2/c22-17-8-10-18(11-9-17)24(30(26,27)20-6-2-1-3-7-20)15-21(25)23-12-14-29-16-19-5-4-13-28-19/h1-11,13H,12,14-16H2,(H,23,25). The van der Waals surface area contributed by atoms with Crippen molar-refractivity contribution in [3.8, 4) is 0 Å². The van der Waals surface area contributed by atoms with Crippen LogP contribution in [0.3, 0.4) is 0 Å². The van der Waals surface area contributed by atoms with Crippen molar-refractivity contribution in [1.29, 1.82) is 0 Å². The minimum atomic E-state index is -3.99. The molecule has 0 bridgehead atoms. The molecular weight excluding hydrogens is 427 g/mol. The molecule has 1 N–H and O–H groups in total. The van der Waals surface area contributed by atoms with E-state index < -0.39 is 28.3 Å². The average molecular weight is 449 g/mol. The molecule has 1 amide bonds. The fraction of sp³-hybridized carbons (Fsp3) is 0.190. The highest BCUT2D eigenvalue weighted by Gasteiger charge is 2.27. The van der Waals surface area contributed by atoms with Crippen LogP contribution in [-0.4, -0.2) is 33.2 Å².